The van der Waals surface area contributed by atoms with Gasteiger partial charge in [-0.2, -0.15) is 0 Å². The van der Waals surface area contributed by atoms with Crippen LogP contribution < -0.4 is 16.1 Å². The Morgan fingerprint density at radius 1 is 1.12 bits per heavy atom. The van der Waals surface area contributed by atoms with E-state index in [2.05, 4.69) is 21.0 Å². The van der Waals surface area contributed by atoms with Gasteiger partial charge in [-0.15, -0.1) is 0 Å². The average molecular weight is 582 g/mol. The lowest BCUT2D eigenvalue weighted by molar-refractivity contribution is -0.148. The lowest BCUT2D eigenvalue weighted by Crippen LogP contribution is -2.61. The van der Waals surface area contributed by atoms with Crippen LogP contribution in [-0.4, -0.2) is 68.6 Å². The van der Waals surface area contributed by atoms with Crippen LogP contribution in [0.1, 0.15) is 77.3 Å². The van der Waals surface area contributed by atoms with Gasteiger partial charge in [-0.1, -0.05) is 38.1 Å². The van der Waals surface area contributed by atoms with E-state index in [0.717, 1.165) is 22.0 Å². The van der Waals surface area contributed by atoms with Gasteiger partial charge in [0, 0.05) is 11.9 Å². The summed E-state index contributed by atoms with van der Waals surface area (Å²) in [7, 11) is 0. The summed E-state index contributed by atoms with van der Waals surface area (Å²) in [5, 5.41) is 27.0. The van der Waals surface area contributed by atoms with E-state index in [0.29, 0.717) is 25.1 Å². The second-order valence-electron chi connectivity index (χ2n) is 12.0. The maximum absolute atomic E-state index is 13.3. The van der Waals surface area contributed by atoms with Crippen LogP contribution >= 0.6 is 0 Å². The molecule has 5 N–H and O–H groups in total. The number of aromatic nitrogens is 1. The summed E-state index contributed by atoms with van der Waals surface area (Å²) < 4.78 is 0. The number of aliphatic hydroxyl groups excluding tert-OH is 1. The quantitative estimate of drug-likeness (QED) is 0.286. The van der Waals surface area contributed by atoms with Crippen LogP contribution in [0.15, 0.2) is 30.3 Å². The second-order valence-corrected chi connectivity index (χ2v) is 12.0. The first-order valence-electron chi connectivity index (χ1n) is 14.3. The second kappa shape index (κ2) is 13.4. The van der Waals surface area contributed by atoms with Gasteiger partial charge in [0.1, 0.15) is 18.1 Å². The smallest absolute Gasteiger partial charge is 0.322 e. The first-order chi connectivity index (χ1) is 19.6. The largest absolute Gasteiger partial charge is 0.480 e. The fourth-order valence-corrected chi connectivity index (χ4v) is 4.80. The SMILES string of the molecule is Cc1cc2ccc(/C=C/C(C)(C)C(=O)N[C@H](C(=O)N[C@@H](C)C(=O)N3CCC[C@@H](C(=O)O)N3)C(C)C)cc2nc1[C@@H](C)O. The number of aliphatic carboxylic acids is 1. The van der Waals surface area contributed by atoms with Gasteiger partial charge in [0.15, 0.2) is 0 Å². The van der Waals surface area contributed by atoms with Gasteiger partial charge in [0.2, 0.25) is 11.8 Å². The number of nitrogens with zero attached hydrogens (tertiary/aromatic N) is 2. The Bertz CT molecular complexity index is 1370. The third kappa shape index (κ3) is 7.92. The Labute approximate surface area is 246 Å². The van der Waals surface area contributed by atoms with E-state index in [1.54, 1.807) is 40.7 Å². The van der Waals surface area contributed by atoms with E-state index < -0.39 is 47.4 Å². The molecule has 228 valence electrons. The highest BCUT2D eigenvalue weighted by atomic mass is 16.4. The number of rotatable bonds is 10. The van der Waals surface area contributed by atoms with Crippen molar-refractivity contribution in [3.63, 3.8) is 0 Å². The molecule has 0 unspecified atom stereocenters. The highest BCUT2D eigenvalue weighted by molar-refractivity contribution is 5.94. The van der Waals surface area contributed by atoms with Crippen LogP contribution in [0, 0.1) is 18.3 Å². The zero-order valence-corrected chi connectivity index (χ0v) is 25.4. The van der Waals surface area contributed by atoms with E-state index in [-0.39, 0.29) is 11.8 Å². The summed E-state index contributed by atoms with van der Waals surface area (Å²) in [4.78, 5) is 55.3. The number of aliphatic hydroxyl groups is 1. The van der Waals surface area contributed by atoms with Crippen molar-refractivity contribution >= 4 is 40.7 Å². The molecule has 0 saturated carbocycles. The van der Waals surface area contributed by atoms with Crippen LogP contribution in [0.25, 0.3) is 17.0 Å². The molecule has 3 rings (SSSR count). The van der Waals surface area contributed by atoms with E-state index in [9.17, 15) is 29.4 Å². The van der Waals surface area contributed by atoms with Crippen LogP contribution in [0.5, 0.6) is 0 Å². The number of carboxylic acids is 1. The number of nitrogens with one attached hydrogen (secondary N) is 3. The molecule has 3 amide bonds. The van der Waals surface area contributed by atoms with Gasteiger partial charge >= 0.3 is 5.97 Å². The van der Waals surface area contributed by atoms with E-state index in [1.807, 2.05) is 37.3 Å². The summed E-state index contributed by atoms with van der Waals surface area (Å²) >= 11 is 0. The third-order valence-electron chi connectivity index (χ3n) is 7.46. The van der Waals surface area contributed by atoms with Crippen molar-refractivity contribution in [2.24, 2.45) is 11.3 Å². The van der Waals surface area contributed by atoms with Gasteiger partial charge in [0.25, 0.3) is 5.91 Å². The van der Waals surface area contributed by atoms with Gasteiger partial charge in [-0.3, -0.25) is 24.2 Å². The summed E-state index contributed by atoms with van der Waals surface area (Å²) in [6, 6.07) is 5.06. The van der Waals surface area contributed by atoms with Gasteiger partial charge in [-0.25, -0.2) is 10.4 Å². The minimum absolute atomic E-state index is 0.265. The number of carboxylic acid groups (broad SMARTS) is 1. The molecule has 0 radical (unpaired) electrons. The molecule has 1 aliphatic rings. The lowest BCUT2D eigenvalue weighted by Gasteiger charge is -2.34. The maximum atomic E-state index is 13.3. The fourth-order valence-electron chi connectivity index (χ4n) is 4.80. The topological polar surface area (TPSA) is 161 Å². The minimum Gasteiger partial charge on any atom is -0.480 e. The normalized spacial score (nSPS) is 18.1. The Morgan fingerprint density at radius 3 is 2.43 bits per heavy atom. The zero-order chi connectivity index (χ0) is 31.4. The van der Waals surface area contributed by atoms with Crippen molar-refractivity contribution < 1.29 is 29.4 Å². The van der Waals surface area contributed by atoms with E-state index >= 15 is 0 Å². The van der Waals surface area contributed by atoms with Crippen molar-refractivity contribution in [3.05, 3.63) is 47.2 Å². The molecule has 11 heteroatoms. The molecule has 1 fully saturated rings. The van der Waals surface area contributed by atoms with Gasteiger partial charge < -0.3 is 20.8 Å². The molecule has 2 heterocycles. The molecule has 0 spiro atoms. The monoisotopic (exact) mass is 581 g/mol. The van der Waals surface area contributed by atoms with Crippen molar-refractivity contribution in [2.45, 2.75) is 85.5 Å². The number of benzene rings is 1. The molecule has 1 aromatic heterocycles. The van der Waals surface area contributed by atoms with Crippen LogP contribution in [-0.2, 0) is 19.2 Å². The molecule has 4 atom stereocenters. The first kappa shape index (κ1) is 32.7. The molecule has 42 heavy (non-hydrogen) atoms. The number of carbonyl (C=O) groups excluding carboxylic acids is 3. The molecule has 0 aliphatic carbocycles. The zero-order valence-electron chi connectivity index (χ0n) is 25.4. The number of hydrogen-bond donors (Lipinski definition) is 5. The molecule has 11 nitrogen and oxygen atoms in total. The van der Waals surface area contributed by atoms with Crippen LogP contribution in [0.3, 0.4) is 0 Å². The van der Waals surface area contributed by atoms with Crippen LogP contribution in [0.4, 0.5) is 0 Å². The van der Waals surface area contributed by atoms with E-state index in [1.165, 1.54) is 11.9 Å². The van der Waals surface area contributed by atoms with Gasteiger partial charge in [0.05, 0.1) is 22.7 Å². The number of carbonyl (C=O) groups is 4. The number of amides is 3. The average Bonchev–Trinajstić information content (AvgIpc) is 2.93. The van der Waals surface area contributed by atoms with Crippen molar-refractivity contribution in [1.82, 2.24) is 26.1 Å². The molecule has 1 aliphatic heterocycles. The summed E-state index contributed by atoms with van der Waals surface area (Å²) in [6.07, 6.45) is 3.84. The summed E-state index contributed by atoms with van der Waals surface area (Å²) in [6.45, 7) is 12.5. The third-order valence-corrected chi connectivity index (χ3v) is 7.46. The highest BCUT2D eigenvalue weighted by Crippen LogP contribution is 2.24. The standard InChI is InChI=1S/C31H43N5O6/c1-17(2)25(27(38)32-19(4)28(39)36-14-8-9-23(35-36)29(40)41)34-30(42)31(6,7)13-12-21-10-11-22-15-18(3)26(20(5)37)33-24(22)16-21/h10-13,15-17,19-20,23,25,35,37H,8-9,14H2,1-7H3,(H,32,38)(H,34,42)(H,40,41)/b13-12+/t19-,20+,23-,25-/m0/s1. The highest BCUT2D eigenvalue weighted by Gasteiger charge is 2.34. The predicted octanol–water partition coefficient (Wildman–Crippen LogP) is 2.86. The molecule has 1 aromatic carbocycles. The van der Waals surface area contributed by atoms with Crippen molar-refractivity contribution in [3.8, 4) is 0 Å². The fraction of sp³-hybridized carbons (Fsp3) is 0.516. The molecular weight excluding hydrogens is 538 g/mol. The Morgan fingerprint density at radius 2 is 1.81 bits per heavy atom. The Balaban J connectivity index is 1.68. The van der Waals surface area contributed by atoms with Gasteiger partial charge in [-0.05, 0) is 76.6 Å². The lowest BCUT2D eigenvalue weighted by atomic mass is 9.89. The summed E-state index contributed by atoms with van der Waals surface area (Å²) in [5.74, 6) is -2.62. The van der Waals surface area contributed by atoms with Crippen LogP contribution in [0.2, 0.25) is 0 Å². The van der Waals surface area contributed by atoms with E-state index in [4.69, 9.17) is 0 Å². The number of hydrazine groups is 1. The predicted molar refractivity (Wildman–Crippen MR) is 160 cm³/mol. The number of aryl methyl sites for hydroxylation is 1. The maximum Gasteiger partial charge on any atom is 0.322 e. The molecule has 0 bridgehead atoms. The number of fused-ring (bicyclic) bond motifs is 1. The molecule has 1 saturated heterocycles. The Kier molecular flexibility index (Phi) is 10.5. The minimum atomic E-state index is -1.04. The molecule has 2 aromatic rings. The van der Waals surface area contributed by atoms with Crippen molar-refractivity contribution in [2.75, 3.05) is 6.54 Å². The number of hydrogen-bond acceptors (Lipinski definition) is 7. The first-order valence-corrected chi connectivity index (χ1v) is 14.3. The number of pyridine rings is 1. The Hall–Kier alpha value is -3.83. The molecular formula is C31H43N5O6. The summed E-state index contributed by atoms with van der Waals surface area (Å²) in [5.41, 5.74) is 4.83. The van der Waals surface area contributed by atoms with Crippen molar-refractivity contribution in [1.29, 1.82) is 0 Å².